The second-order valence-corrected chi connectivity index (χ2v) is 5.71. The van der Waals surface area contributed by atoms with Gasteiger partial charge in [-0.15, -0.1) is 0 Å². The predicted octanol–water partition coefficient (Wildman–Crippen LogP) is 2.50. The number of benzene rings is 1. The molecule has 1 aromatic rings. The highest BCUT2D eigenvalue weighted by Gasteiger charge is 2.21. The SMILES string of the molecule is CSC(C)C(=O)N(CC(=O)O)Cc1ccc(Cl)cc1. The van der Waals surface area contributed by atoms with Gasteiger partial charge in [0.1, 0.15) is 6.54 Å². The van der Waals surface area contributed by atoms with Crippen molar-refractivity contribution in [3.05, 3.63) is 34.9 Å². The van der Waals surface area contributed by atoms with Gasteiger partial charge in [0.05, 0.1) is 5.25 Å². The number of carbonyl (C=O) groups is 2. The molecule has 6 heteroatoms. The Morgan fingerprint density at radius 2 is 1.95 bits per heavy atom. The quantitative estimate of drug-likeness (QED) is 0.877. The topological polar surface area (TPSA) is 57.6 Å². The van der Waals surface area contributed by atoms with Gasteiger partial charge in [-0.3, -0.25) is 9.59 Å². The first-order chi connectivity index (χ1) is 8.93. The van der Waals surface area contributed by atoms with E-state index in [-0.39, 0.29) is 24.2 Å². The molecule has 0 spiro atoms. The van der Waals surface area contributed by atoms with Gasteiger partial charge in [0.25, 0.3) is 0 Å². The molecule has 4 nitrogen and oxygen atoms in total. The normalized spacial score (nSPS) is 11.9. The fraction of sp³-hybridized carbons (Fsp3) is 0.385. The number of hydrogen-bond acceptors (Lipinski definition) is 3. The third-order valence-electron chi connectivity index (χ3n) is 2.63. The van der Waals surface area contributed by atoms with Crippen molar-refractivity contribution in [3.63, 3.8) is 0 Å². The minimum Gasteiger partial charge on any atom is -0.480 e. The molecule has 0 aliphatic heterocycles. The highest BCUT2D eigenvalue weighted by atomic mass is 35.5. The van der Waals surface area contributed by atoms with Crippen LogP contribution < -0.4 is 0 Å². The number of nitrogens with zero attached hydrogens (tertiary/aromatic N) is 1. The van der Waals surface area contributed by atoms with Crippen molar-refractivity contribution in [1.82, 2.24) is 4.90 Å². The average Bonchev–Trinajstić information content (AvgIpc) is 2.38. The number of carboxylic acids is 1. The van der Waals surface area contributed by atoms with Crippen molar-refractivity contribution in [2.75, 3.05) is 12.8 Å². The molecule has 0 heterocycles. The molecule has 0 radical (unpaired) electrons. The average molecular weight is 302 g/mol. The van der Waals surface area contributed by atoms with Crippen molar-refractivity contribution >= 4 is 35.2 Å². The number of carboxylic acid groups (broad SMARTS) is 1. The third kappa shape index (κ3) is 5.12. The number of aliphatic carboxylic acids is 1. The van der Waals surface area contributed by atoms with Crippen LogP contribution in [0.25, 0.3) is 0 Å². The highest BCUT2D eigenvalue weighted by molar-refractivity contribution is 7.99. The van der Waals surface area contributed by atoms with Crippen LogP contribution in [-0.2, 0) is 16.1 Å². The zero-order valence-electron chi connectivity index (χ0n) is 10.8. The van der Waals surface area contributed by atoms with E-state index in [1.807, 2.05) is 6.26 Å². The minimum absolute atomic E-state index is 0.176. The maximum absolute atomic E-state index is 12.1. The summed E-state index contributed by atoms with van der Waals surface area (Å²) in [6.45, 7) is 1.74. The summed E-state index contributed by atoms with van der Waals surface area (Å²) in [6.07, 6.45) is 1.82. The van der Waals surface area contributed by atoms with E-state index in [0.717, 1.165) is 5.56 Å². The Hall–Kier alpha value is -1.20. The van der Waals surface area contributed by atoms with Crippen LogP contribution in [0.4, 0.5) is 0 Å². The number of hydrogen-bond donors (Lipinski definition) is 1. The summed E-state index contributed by atoms with van der Waals surface area (Å²) in [5, 5.41) is 9.24. The van der Waals surface area contributed by atoms with Gasteiger partial charge in [0.15, 0.2) is 0 Å². The molecule has 1 N–H and O–H groups in total. The second kappa shape index (κ2) is 7.40. The van der Waals surface area contributed by atoms with E-state index in [2.05, 4.69) is 0 Å². The lowest BCUT2D eigenvalue weighted by Gasteiger charge is -2.23. The lowest BCUT2D eigenvalue weighted by Crippen LogP contribution is -2.39. The molecule has 0 bridgehead atoms. The summed E-state index contributed by atoms with van der Waals surface area (Å²) in [5.41, 5.74) is 0.854. The first kappa shape index (κ1) is 15.9. The van der Waals surface area contributed by atoms with Gasteiger partial charge in [0.2, 0.25) is 5.91 Å². The van der Waals surface area contributed by atoms with E-state index in [9.17, 15) is 9.59 Å². The van der Waals surface area contributed by atoms with Gasteiger partial charge in [-0.05, 0) is 30.9 Å². The standard InChI is InChI=1S/C13H16ClNO3S/c1-9(19-2)13(18)15(8-12(16)17)7-10-3-5-11(14)6-4-10/h3-6,9H,7-8H2,1-2H3,(H,16,17). The Balaban J connectivity index is 2.82. The summed E-state index contributed by atoms with van der Waals surface area (Å²) in [6, 6.07) is 7.01. The second-order valence-electron chi connectivity index (χ2n) is 4.09. The number of thioether (sulfide) groups is 1. The molecule has 0 fully saturated rings. The zero-order valence-corrected chi connectivity index (χ0v) is 12.4. The molecular formula is C13H16ClNO3S. The van der Waals surface area contributed by atoms with Crippen LogP contribution in [0.1, 0.15) is 12.5 Å². The number of halogens is 1. The molecule has 0 aliphatic rings. The van der Waals surface area contributed by atoms with Gasteiger partial charge < -0.3 is 10.0 Å². The van der Waals surface area contributed by atoms with Crippen molar-refractivity contribution in [1.29, 1.82) is 0 Å². The summed E-state index contributed by atoms with van der Waals surface area (Å²) >= 11 is 7.19. The molecule has 1 aromatic carbocycles. The van der Waals surface area contributed by atoms with Crippen LogP contribution >= 0.6 is 23.4 Å². The van der Waals surface area contributed by atoms with Crippen molar-refractivity contribution < 1.29 is 14.7 Å². The van der Waals surface area contributed by atoms with Crippen LogP contribution in [0.3, 0.4) is 0 Å². The summed E-state index contributed by atoms with van der Waals surface area (Å²) < 4.78 is 0. The molecule has 1 unspecified atom stereocenters. The van der Waals surface area contributed by atoms with Crippen molar-refractivity contribution in [2.24, 2.45) is 0 Å². The van der Waals surface area contributed by atoms with Crippen LogP contribution in [0.15, 0.2) is 24.3 Å². The van der Waals surface area contributed by atoms with E-state index in [4.69, 9.17) is 16.7 Å². The van der Waals surface area contributed by atoms with E-state index in [0.29, 0.717) is 5.02 Å². The largest absolute Gasteiger partial charge is 0.480 e. The Bertz CT molecular complexity index is 450. The monoisotopic (exact) mass is 301 g/mol. The Morgan fingerprint density at radius 3 is 2.42 bits per heavy atom. The summed E-state index contributed by atoms with van der Waals surface area (Å²) in [5.74, 6) is -1.19. The molecular weight excluding hydrogens is 286 g/mol. The van der Waals surface area contributed by atoms with Gasteiger partial charge >= 0.3 is 5.97 Å². The Morgan fingerprint density at radius 1 is 1.37 bits per heavy atom. The van der Waals surface area contributed by atoms with Gasteiger partial charge in [-0.2, -0.15) is 11.8 Å². The Labute approximate surface area is 121 Å². The number of carbonyl (C=O) groups excluding carboxylic acids is 1. The lowest BCUT2D eigenvalue weighted by atomic mass is 10.2. The number of rotatable bonds is 6. The van der Waals surface area contributed by atoms with E-state index < -0.39 is 5.97 Å². The molecule has 0 aliphatic carbocycles. The van der Waals surface area contributed by atoms with Crippen LogP contribution in [0.2, 0.25) is 5.02 Å². The molecule has 19 heavy (non-hydrogen) atoms. The van der Waals surface area contributed by atoms with Crippen LogP contribution in [-0.4, -0.2) is 39.9 Å². The lowest BCUT2D eigenvalue weighted by molar-refractivity contribution is -0.144. The smallest absolute Gasteiger partial charge is 0.323 e. The van der Waals surface area contributed by atoms with Crippen molar-refractivity contribution in [3.8, 4) is 0 Å². The molecule has 104 valence electrons. The first-order valence-electron chi connectivity index (χ1n) is 5.72. The Kier molecular flexibility index (Phi) is 6.18. The minimum atomic E-state index is -1.02. The summed E-state index contributed by atoms with van der Waals surface area (Å²) in [4.78, 5) is 24.3. The van der Waals surface area contributed by atoms with Gasteiger partial charge in [-0.1, -0.05) is 23.7 Å². The fourth-order valence-corrected chi connectivity index (χ4v) is 2.02. The zero-order chi connectivity index (χ0) is 14.4. The first-order valence-corrected chi connectivity index (χ1v) is 7.38. The number of amides is 1. The van der Waals surface area contributed by atoms with Crippen LogP contribution in [0, 0.1) is 0 Å². The third-order valence-corrected chi connectivity index (χ3v) is 3.79. The molecule has 0 saturated heterocycles. The van der Waals surface area contributed by atoms with E-state index in [1.165, 1.54) is 16.7 Å². The fourth-order valence-electron chi connectivity index (χ4n) is 1.54. The molecule has 1 atom stereocenters. The van der Waals surface area contributed by atoms with Crippen LogP contribution in [0.5, 0.6) is 0 Å². The maximum atomic E-state index is 12.1. The van der Waals surface area contributed by atoms with Crippen molar-refractivity contribution in [2.45, 2.75) is 18.7 Å². The van der Waals surface area contributed by atoms with E-state index in [1.54, 1.807) is 31.2 Å². The van der Waals surface area contributed by atoms with E-state index >= 15 is 0 Å². The van der Waals surface area contributed by atoms with Gasteiger partial charge in [0, 0.05) is 11.6 Å². The predicted molar refractivity (Wildman–Crippen MR) is 77.5 cm³/mol. The highest BCUT2D eigenvalue weighted by Crippen LogP contribution is 2.15. The molecule has 1 amide bonds. The molecule has 0 saturated carbocycles. The molecule has 0 aromatic heterocycles. The van der Waals surface area contributed by atoms with Gasteiger partial charge in [-0.25, -0.2) is 0 Å². The molecule has 1 rings (SSSR count). The summed E-state index contributed by atoms with van der Waals surface area (Å²) in [7, 11) is 0. The maximum Gasteiger partial charge on any atom is 0.323 e.